The molecule has 0 saturated carbocycles. The van der Waals surface area contributed by atoms with Gasteiger partial charge in [-0.2, -0.15) is 0 Å². The van der Waals surface area contributed by atoms with Crippen LogP contribution in [0.5, 0.6) is 0 Å². The second-order valence-corrected chi connectivity index (χ2v) is 6.05. The van der Waals surface area contributed by atoms with Crippen molar-refractivity contribution in [2.45, 2.75) is 24.7 Å². The van der Waals surface area contributed by atoms with Gasteiger partial charge in [0.25, 0.3) is 0 Å². The van der Waals surface area contributed by atoms with Gasteiger partial charge in [-0.25, -0.2) is 0 Å². The lowest BCUT2D eigenvalue weighted by Gasteiger charge is -2.13. The Kier molecular flexibility index (Phi) is 5.38. The Balaban J connectivity index is 1.66. The summed E-state index contributed by atoms with van der Waals surface area (Å²) in [6.45, 7) is 2.38. The van der Waals surface area contributed by atoms with Crippen molar-refractivity contribution in [2.24, 2.45) is 0 Å². The van der Waals surface area contributed by atoms with Crippen molar-refractivity contribution in [3.8, 4) is 0 Å². The highest BCUT2D eigenvalue weighted by Gasteiger charge is 2.30. The molecule has 3 amide bonds. The van der Waals surface area contributed by atoms with E-state index in [1.54, 1.807) is 11.8 Å². The number of hydrogen-bond donors (Lipinski definition) is 1. The molecule has 1 saturated heterocycles. The SMILES string of the molecule is Cc1ccc(SCCNC(=O)CN2C(=O)CCC2=O)cc1. The predicted octanol–water partition coefficient (Wildman–Crippen LogP) is 1.35. The first-order valence-electron chi connectivity index (χ1n) is 6.85. The molecule has 0 bridgehead atoms. The van der Waals surface area contributed by atoms with Crippen molar-refractivity contribution in [2.75, 3.05) is 18.8 Å². The molecule has 1 fully saturated rings. The van der Waals surface area contributed by atoms with E-state index in [4.69, 9.17) is 0 Å². The van der Waals surface area contributed by atoms with Crippen LogP contribution in [0.2, 0.25) is 0 Å². The fraction of sp³-hybridized carbons (Fsp3) is 0.400. The number of carbonyl (C=O) groups excluding carboxylic acids is 3. The number of rotatable bonds is 6. The molecule has 1 aliphatic heterocycles. The number of benzene rings is 1. The molecule has 1 aromatic carbocycles. The van der Waals surface area contributed by atoms with Gasteiger partial charge < -0.3 is 5.32 Å². The fourth-order valence-corrected chi connectivity index (χ4v) is 2.76. The molecule has 0 radical (unpaired) electrons. The van der Waals surface area contributed by atoms with Gasteiger partial charge in [0.1, 0.15) is 6.54 Å². The van der Waals surface area contributed by atoms with Crippen LogP contribution >= 0.6 is 11.8 Å². The monoisotopic (exact) mass is 306 g/mol. The number of amides is 3. The zero-order chi connectivity index (χ0) is 15.2. The number of aryl methyl sites for hydroxylation is 1. The highest BCUT2D eigenvalue weighted by atomic mass is 32.2. The molecule has 0 unspecified atom stereocenters. The van der Waals surface area contributed by atoms with Crippen LogP contribution in [0.3, 0.4) is 0 Å². The van der Waals surface area contributed by atoms with E-state index in [0.717, 1.165) is 15.5 Å². The van der Waals surface area contributed by atoms with Crippen molar-refractivity contribution < 1.29 is 14.4 Å². The summed E-state index contributed by atoms with van der Waals surface area (Å²) in [6.07, 6.45) is 0.435. The van der Waals surface area contributed by atoms with E-state index in [9.17, 15) is 14.4 Å². The lowest BCUT2D eigenvalue weighted by molar-refractivity contribution is -0.142. The lowest BCUT2D eigenvalue weighted by atomic mass is 10.2. The second kappa shape index (κ2) is 7.26. The van der Waals surface area contributed by atoms with Crippen LogP contribution < -0.4 is 5.32 Å². The van der Waals surface area contributed by atoms with Crippen LogP contribution in [-0.2, 0) is 14.4 Å². The molecule has 1 aromatic rings. The summed E-state index contributed by atoms with van der Waals surface area (Å²) >= 11 is 1.65. The van der Waals surface area contributed by atoms with Gasteiger partial charge >= 0.3 is 0 Å². The van der Waals surface area contributed by atoms with Gasteiger partial charge in [0, 0.05) is 30.0 Å². The van der Waals surface area contributed by atoms with Crippen LogP contribution in [0.1, 0.15) is 18.4 Å². The second-order valence-electron chi connectivity index (χ2n) is 4.89. The number of nitrogens with one attached hydrogen (secondary N) is 1. The van der Waals surface area contributed by atoms with Gasteiger partial charge in [-0.15, -0.1) is 11.8 Å². The molecule has 1 N–H and O–H groups in total. The number of carbonyl (C=O) groups is 3. The van der Waals surface area contributed by atoms with Crippen LogP contribution in [0.25, 0.3) is 0 Å². The molecule has 1 heterocycles. The van der Waals surface area contributed by atoms with Gasteiger partial charge in [-0.3, -0.25) is 19.3 Å². The van der Waals surface area contributed by atoms with E-state index < -0.39 is 0 Å². The normalized spacial score (nSPS) is 14.6. The summed E-state index contributed by atoms with van der Waals surface area (Å²) in [5, 5.41) is 2.73. The third kappa shape index (κ3) is 4.60. The molecule has 2 rings (SSSR count). The minimum atomic E-state index is -0.289. The highest BCUT2D eigenvalue weighted by Crippen LogP contribution is 2.17. The fourth-order valence-electron chi connectivity index (χ4n) is 1.99. The number of thioether (sulfide) groups is 1. The largest absolute Gasteiger partial charge is 0.354 e. The van der Waals surface area contributed by atoms with E-state index in [0.29, 0.717) is 6.54 Å². The molecule has 0 atom stereocenters. The van der Waals surface area contributed by atoms with Gasteiger partial charge in [0.2, 0.25) is 17.7 Å². The Morgan fingerprint density at radius 3 is 2.43 bits per heavy atom. The summed E-state index contributed by atoms with van der Waals surface area (Å²) < 4.78 is 0. The zero-order valence-electron chi connectivity index (χ0n) is 11.9. The van der Waals surface area contributed by atoms with E-state index in [-0.39, 0.29) is 37.1 Å². The Bertz CT molecular complexity index is 526. The maximum absolute atomic E-state index is 11.7. The molecule has 112 valence electrons. The number of nitrogens with zero attached hydrogens (tertiary/aromatic N) is 1. The minimum Gasteiger partial charge on any atom is -0.354 e. The standard InChI is InChI=1S/C15H18N2O3S/c1-11-2-4-12(5-3-11)21-9-8-16-13(18)10-17-14(19)6-7-15(17)20/h2-5H,6-10H2,1H3,(H,16,18). The number of hydrogen-bond acceptors (Lipinski definition) is 4. The molecule has 5 nitrogen and oxygen atoms in total. The molecule has 0 spiro atoms. The average Bonchev–Trinajstić information content (AvgIpc) is 2.77. The highest BCUT2D eigenvalue weighted by molar-refractivity contribution is 7.99. The molecule has 6 heteroatoms. The molecule has 21 heavy (non-hydrogen) atoms. The summed E-state index contributed by atoms with van der Waals surface area (Å²) in [6, 6.07) is 8.18. The smallest absolute Gasteiger partial charge is 0.240 e. The summed E-state index contributed by atoms with van der Waals surface area (Å²) in [5.41, 5.74) is 1.22. The molecule has 0 aliphatic carbocycles. The van der Waals surface area contributed by atoms with Crippen molar-refractivity contribution in [3.63, 3.8) is 0 Å². The number of likely N-dealkylation sites (tertiary alicyclic amines) is 1. The molecule has 1 aliphatic rings. The van der Waals surface area contributed by atoms with E-state index >= 15 is 0 Å². The van der Waals surface area contributed by atoms with Crippen LogP contribution in [0.4, 0.5) is 0 Å². The summed E-state index contributed by atoms with van der Waals surface area (Å²) in [4.78, 5) is 36.6. The van der Waals surface area contributed by atoms with Crippen LogP contribution in [0.15, 0.2) is 29.2 Å². The van der Waals surface area contributed by atoms with Crippen molar-refractivity contribution in [1.82, 2.24) is 10.2 Å². The summed E-state index contributed by atoms with van der Waals surface area (Å²) in [5.74, 6) is -0.0621. The predicted molar refractivity (Wildman–Crippen MR) is 80.9 cm³/mol. The van der Waals surface area contributed by atoms with E-state index in [2.05, 4.69) is 5.32 Å². The zero-order valence-corrected chi connectivity index (χ0v) is 12.7. The van der Waals surface area contributed by atoms with Gasteiger partial charge in [0.15, 0.2) is 0 Å². The van der Waals surface area contributed by atoms with E-state index in [1.165, 1.54) is 5.56 Å². The third-order valence-electron chi connectivity index (χ3n) is 3.17. The first kappa shape index (κ1) is 15.6. The molecule has 0 aromatic heterocycles. The Morgan fingerprint density at radius 2 is 1.81 bits per heavy atom. The van der Waals surface area contributed by atoms with Crippen molar-refractivity contribution in [1.29, 1.82) is 0 Å². The van der Waals surface area contributed by atoms with Gasteiger partial charge in [0.05, 0.1) is 0 Å². The summed E-state index contributed by atoms with van der Waals surface area (Å²) in [7, 11) is 0. The first-order valence-corrected chi connectivity index (χ1v) is 7.84. The maximum atomic E-state index is 11.7. The number of imide groups is 1. The van der Waals surface area contributed by atoms with E-state index in [1.807, 2.05) is 31.2 Å². The maximum Gasteiger partial charge on any atom is 0.240 e. The minimum absolute atomic E-state index is 0.160. The Morgan fingerprint density at radius 1 is 1.19 bits per heavy atom. The lowest BCUT2D eigenvalue weighted by Crippen LogP contribution is -2.40. The average molecular weight is 306 g/mol. The van der Waals surface area contributed by atoms with Crippen LogP contribution in [0, 0.1) is 6.92 Å². The quantitative estimate of drug-likeness (QED) is 0.489. The molecular weight excluding hydrogens is 288 g/mol. The first-order chi connectivity index (χ1) is 10.1. The van der Waals surface area contributed by atoms with Crippen molar-refractivity contribution in [3.05, 3.63) is 29.8 Å². The Hall–Kier alpha value is -1.82. The van der Waals surface area contributed by atoms with Crippen LogP contribution in [-0.4, -0.2) is 41.5 Å². The third-order valence-corrected chi connectivity index (χ3v) is 4.18. The Labute approximate surface area is 128 Å². The van der Waals surface area contributed by atoms with Crippen molar-refractivity contribution >= 4 is 29.5 Å². The van der Waals surface area contributed by atoms with Gasteiger partial charge in [-0.05, 0) is 19.1 Å². The van der Waals surface area contributed by atoms with Gasteiger partial charge in [-0.1, -0.05) is 17.7 Å². The topological polar surface area (TPSA) is 66.5 Å². The molecular formula is C15H18N2O3S.